The third-order valence-corrected chi connectivity index (χ3v) is 6.85. The van der Waals surface area contributed by atoms with E-state index in [1.54, 1.807) is 11.6 Å². The van der Waals surface area contributed by atoms with Crippen molar-refractivity contribution in [1.29, 1.82) is 0 Å². The Morgan fingerprint density at radius 1 is 1.48 bits per heavy atom. The Morgan fingerprint density at radius 3 is 2.95 bits per heavy atom. The highest BCUT2D eigenvalue weighted by molar-refractivity contribution is 7.11. The number of amides is 2. The smallest absolute Gasteiger partial charge is 0.410 e. The molecule has 0 radical (unpaired) electrons. The number of hydrogen-bond donors (Lipinski definition) is 3. The maximum atomic E-state index is 13.9. The molecule has 2 aliphatic rings. The van der Waals surface area contributed by atoms with Crippen molar-refractivity contribution in [2.75, 3.05) is 26.7 Å². The summed E-state index contributed by atoms with van der Waals surface area (Å²) in [6, 6.07) is 2.82. The Hall–Kier alpha value is -4.11. The van der Waals surface area contributed by atoms with E-state index in [-0.39, 0.29) is 30.4 Å². The summed E-state index contributed by atoms with van der Waals surface area (Å²) in [7, 11) is 1.21. The number of benzene rings is 1. The number of rotatable bonds is 9. The molecule has 11 nitrogen and oxygen atoms in total. The predicted octanol–water partition coefficient (Wildman–Crippen LogP) is 3.59. The number of allylic oxidation sites excluding steroid dienone is 1. The molecule has 1 aromatic heterocycles. The number of aromatic nitrogens is 1. The molecule has 0 saturated carbocycles. The van der Waals surface area contributed by atoms with Crippen molar-refractivity contribution < 1.29 is 32.2 Å². The van der Waals surface area contributed by atoms with E-state index < -0.39 is 36.7 Å². The summed E-state index contributed by atoms with van der Waals surface area (Å²) < 4.78 is 49.1. The highest BCUT2D eigenvalue weighted by Gasteiger charge is 2.36. The first kappa shape index (κ1) is 28.9. The highest BCUT2D eigenvalue weighted by Crippen LogP contribution is 2.38. The summed E-state index contributed by atoms with van der Waals surface area (Å²) in [6.45, 7) is -2.92. The second kappa shape index (κ2) is 12.8. The molecule has 16 heteroatoms. The van der Waals surface area contributed by atoms with Gasteiger partial charge in [0.25, 0.3) is 0 Å². The van der Waals surface area contributed by atoms with Crippen molar-refractivity contribution in [2.45, 2.75) is 18.7 Å². The van der Waals surface area contributed by atoms with Gasteiger partial charge in [-0.05, 0) is 18.2 Å². The molecule has 0 aliphatic carbocycles. The zero-order valence-electron chi connectivity index (χ0n) is 20.8. The number of halogens is 4. The number of alkyl halides is 2. The van der Waals surface area contributed by atoms with E-state index in [1.807, 2.05) is 0 Å². The molecular formula is C24H23ClF3N7O4S. The number of methoxy groups -OCH3 is 1. The number of carbonyl (C=O) groups is 2. The second-order valence-corrected chi connectivity index (χ2v) is 9.66. The minimum absolute atomic E-state index is 0.00398. The number of cyclic esters (lactones) is 1. The van der Waals surface area contributed by atoms with E-state index >= 15 is 0 Å². The number of alkyl carbamates (subject to hydrolysis) is 1. The van der Waals surface area contributed by atoms with Gasteiger partial charge in [-0.2, -0.15) is 8.78 Å². The molecule has 212 valence electrons. The molecule has 1 aromatic carbocycles. The largest absolute Gasteiger partial charge is 0.453 e. The van der Waals surface area contributed by atoms with Crippen molar-refractivity contribution in [1.82, 2.24) is 20.5 Å². The minimum Gasteiger partial charge on any atom is -0.453 e. The number of thiazole rings is 1. The van der Waals surface area contributed by atoms with E-state index in [4.69, 9.17) is 27.1 Å². The summed E-state index contributed by atoms with van der Waals surface area (Å²) in [5, 5.41) is 7.92. The van der Waals surface area contributed by atoms with E-state index in [0.29, 0.717) is 27.7 Å². The van der Waals surface area contributed by atoms with Crippen molar-refractivity contribution in [3.8, 4) is 0 Å². The van der Waals surface area contributed by atoms with Gasteiger partial charge in [0.1, 0.15) is 18.0 Å². The monoisotopic (exact) mass is 597 g/mol. The third kappa shape index (κ3) is 6.90. The molecule has 0 spiro atoms. The Labute approximate surface area is 235 Å². The summed E-state index contributed by atoms with van der Waals surface area (Å²) in [5.41, 5.74) is 7.38. The molecule has 1 fully saturated rings. The van der Waals surface area contributed by atoms with Crippen molar-refractivity contribution in [3.05, 3.63) is 74.2 Å². The van der Waals surface area contributed by atoms with Crippen LogP contribution < -0.4 is 16.4 Å². The van der Waals surface area contributed by atoms with E-state index in [9.17, 15) is 22.8 Å². The van der Waals surface area contributed by atoms with Gasteiger partial charge in [0.15, 0.2) is 10.8 Å². The molecule has 3 heterocycles. The fourth-order valence-corrected chi connectivity index (χ4v) is 4.86. The Morgan fingerprint density at radius 2 is 2.27 bits per heavy atom. The summed E-state index contributed by atoms with van der Waals surface area (Å²) in [5.74, 6) is -0.249. The Kier molecular flexibility index (Phi) is 9.26. The molecule has 4 rings (SSSR count). The lowest BCUT2D eigenvalue weighted by Crippen LogP contribution is -2.40. The lowest BCUT2D eigenvalue weighted by Gasteiger charge is -2.30. The Balaban J connectivity index is 1.76. The average molecular weight is 598 g/mol. The fraction of sp³-hybridized carbons (Fsp3) is 0.292. The van der Waals surface area contributed by atoms with Crippen molar-refractivity contribution in [2.24, 2.45) is 15.7 Å². The SMILES string of the molecule is COC(=O)NC[C@@H]1CN(CC2=C(C(N)=CC=NC(F)F)[C@H](c3ccc(F)cc3Cl)N=C(c3nccs3)N2)C(=O)O1. The number of ether oxygens (including phenoxy) is 2. The number of amidine groups is 1. The average Bonchev–Trinajstić information content (AvgIpc) is 3.57. The van der Waals surface area contributed by atoms with Crippen LogP contribution in [0.3, 0.4) is 0 Å². The van der Waals surface area contributed by atoms with Gasteiger partial charge in [-0.15, -0.1) is 11.3 Å². The summed E-state index contributed by atoms with van der Waals surface area (Å²) in [4.78, 5) is 37.5. The van der Waals surface area contributed by atoms with Crippen molar-refractivity contribution in [3.63, 3.8) is 0 Å². The highest BCUT2D eigenvalue weighted by atomic mass is 35.5. The number of nitrogens with zero attached hydrogens (tertiary/aromatic N) is 4. The summed E-state index contributed by atoms with van der Waals surface area (Å²) in [6.07, 6.45) is 1.59. The summed E-state index contributed by atoms with van der Waals surface area (Å²) >= 11 is 7.69. The van der Waals surface area contributed by atoms with Gasteiger partial charge in [0.2, 0.25) is 0 Å². The molecule has 0 unspecified atom stereocenters. The van der Waals surface area contributed by atoms with Crippen LogP contribution in [0.15, 0.2) is 62.8 Å². The molecular weight excluding hydrogens is 575 g/mol. The number of hydrogen-bond acceptors (Lipinski definition) is 10. The zero-order valence-corrected chi connectivity index (χ0v) is 22.4. The van der Waals surface area contributed by atoms with Crippen LogP contribution in [0.5, 0.6) is 0 Å². The van der Waals surface area contributed by atoms with Crippen LogP contribution in [-0.4, -0.2) is 73.5 Å². The quantitative estimate of drug-likeness (QED) is 0.296. The van der Waals surface area contributed by atoms with Crippen LogP contribution in [0.4, 0.5) is 22.8 Å². The van der Waals surface area contributed by atoms with Crippen LogP contribution in [0, 0.1) is 5.82 Å². The van der Waals surface area contributed by atoms with Gasteiger partial charge in [-0.1, -0.05) is 17.7 Å². The number of carbonyl (C=O) groups excluding carboxylic acids is 2. The number of nitrogens with two attached hydrogens (primary N) is 1. The maximum absolute atomic E-state index is 13.9. The predicted molar refractivity (Wildman–Crippen MR) is 142 cm³/mol. The zero-order chi connectivity index (χ0) is 28.8. The lowest BCUT2D eigenvalue weighted by molar-refractivity contribution is 0.127. The van der Waals surface area contributed by atoms with Gasteiger partial charge in [-0.3, -0.25) is 9.89 Å². The molecule has 2 aliphatic heterocycles. The van der Waals surface area contributed by atoms with Gasteiger partial charge in [0.05, 0.1) is 26.7 Å². The molecule has 40 heavy (non-hydrogen) atoms. The molecule has 2 amide bonds. The fourth-order valence-electron chi connectivity index (χ4n) is 4.00. The van der Waals surface area contributed by atoms with Crippen LogP contribution in [0.25, 0.3) is 0 Å². The topological polar surface area (TPSA) is 144 Å². The van der Waals surface area contributed by atoms with Gasteiger partial charge in [0, 0.05) is 45.3 Å². The Bertz CT molecular complexity index is 1380. The molecule has 0 bridgehead atoms. The molecule has 2 atom stereocenters. The molecule has 4 N–H and O–H groups in total. The maximum Gasteiger partial charge on any atom is 0.410 e. The van der Waals surface area contributed by atoms with Crippen LogP contribution in [0.2, 0.25) is 5.02 Å². The van der Waals surface area contributed by atoms with E-state index in [1.165, 1.54) is 41.6 Å². The van der Waals surface area contributed by atoms with Crippen LogP contribution in [0.1, 0.15) is 16.6 Å². The normalized spacial score (nSPS) is 19.6. The standard InChI is InChI=1S/C24H23ClF3N7O4S/c1-38-23(36)32-9-13-10-35(24(37)39-13)11-17-18(16(29)4-5-31-22(27)28)19(14-3-2-12(26)8-15(14)25)34-20(33-17)21-30-6-7-40-21/h2-8,13,19,22H,9-11,29H2,1H3,(H,32,36)(H,33,34)/t13-,19+/m1/s1. The molecule has 1 saturated heterocycles. The second-order valence-electron chi connectivity index (χ2n) is 8.36. The third-order valence-electron chi connectivity index (χ3n) is 5.74. The first-order valence-corrected chi connectivity index (χ1v) is 12.9. The first-order valence-electron chi connectivity index (χ1n) is 11.6. The van der Waals surface area contributed by atoms with Crippen molar-refractivity contribution >= 4 is 47.2 Å². The number of nitrogens with one attached hydrogen (secondary N) is 2. The van der Waals surface area contributed by atoms with Crippen LogP contribution in [-0.2, 0) is 9.47 Å². The van der Waals surface area contributed by atoms with Gasteiger partial charge in [-0.25, -0.2) is 24.0 Å². The lowest BCUT2D eigenvalue weighted by atomic mass is 9.92. The minimum atomic E-state index is -2.95. The first-order chi connectivity index (χ1) is 19.2. The van der Waals surface area contributed by atoms with Gasteiger partial charge < -0.3 is 25.8 Å². The van der Waals surface area contributed by atoms with E-state index in [0.717, 1.165) is 12.3 Å². The van der Waals surface area contributed by atoms with Crippen LogP contribution >= 0.6 is 22.9 Å². The van der Waals surface area contributed by atoms with E-state index in [2.05, 4.69) is 25.3 Å². The molecule has 2 aromatic rings. The number of aliphatic imine (C=N–C) groups is 2. The van der Waals surface area contributed by atoms with Gasteiger partial charge >= 0.3 is 18.7 Å².